The van der Waals surface area contributed by atoms with Gasteiger partial charge in [-0.3, -0.25) is 14.9 Å². The van der Waals surface area contributed by atoms with Gasteiger partial charge in [0.05, 0.1) is 28.7 Å². The van der Waals surface area contributed by atoms with Crippen molar-refractivity contribution in [1.29, 1.82) is 0 Å². The van der Waals surface area contributed by atoms with Crippen molar-refractivity contribution in [2.24, 2.45) is 0 Å². The number of nitro benzene ring substituents is 1. The maximum absolute atomic E-state index is 13.6. The van der Waals surface area contributed by atoms with Gasteiger partial charge in [0.1, 0.15) is 17.2 Å². The molecule has 25 heavy (non-hydrogen) atoms. The molecule has 0 aliphatic heterocycles. The summed E-state index contributed by atoms with van der Waals surface area (Å²) in [6.45, 7) is 0. The molecular weight excluding hydrogens is 360 g/mol. The second kappa shape index (κ2) is 7.35. The van der Waals surface area contributed by atoms with Crippen molar-refractivity contribution in [2.75, 3.05) is 7.11 Å². The van der Waals surface area contributed by atoms with Gasteiger partial charge in [0.15, 0.2) is 5.78 Å². The molecule has 0 aromatic heterocycles. The quantitative estimate of drug-likeness (QED) is 0.347. The lowest BCUT2D eigenvalue weighted by molar-refractivity contribution is -0.385. The maximum atomic E-state index is 13.6. The lowest BCUT2D eigenvalue weighted by Crippen LogP contribution is -2.15. The molecule has 2 aromatic carbocycles. The zero-order valence-electron chi connectivity index (χ0n) is 12.7. The Morgan fingerprint density at radius 1 is 1.24 bits per heavy atom. The minimum atomic E-state index is -1.10. The van der Waals surface area contributed by atoms with Crippen molar-refractivity contribution in [3.63, 3.8) is 0 Å². The third-order valence-electron chi connectivity index (χ3n) is 3.31. The number of hydrogen-bond acceptors (Lipinski definition) is 5. The van der Waals surface area contributed by atoms with Crippen molar-refractivity contribution >= 4 is 29.0 Å². The molecule has 0 unspecified atom stereocenters. The van der Waals surface area contributed by atoms with E-state index >= 15 is 0 Å². The van der Waals surface area contributed by atoms with Crippen LogP contribution in [0, 0.1) is 21.7 Å². The van der Waals surface area contributed by atoms with Gasteiger partial charge in [-0.1, -0.05) is 17.7 Å². The number of benzene rings is 2. The largest absolute Gasteiger partial charge is 0.465 e. The highest BCUT2D eigenvalue weighted by atomic mass is 35.5. The Morgan fingerprint density at radius 2 is 1.92 bits per heavy atom. The average Bonchev–Trinajstić information content (AvgIpc) is 2.56. The summed E-state index contributed by atoms with van der Waals surface area (Å²) in [5.74, 6) is -3.81. The molecule has 0 saturated heterocycles. The van der Waals surface area contributed by atoms with Crippen LogP contribution in [0.15, 0.2) is 30.3 Å². The number of carbonyl (C=O) groups excluding carboxylic acids is 2. The maximum Gasteiger partial charge on any atom is 0.338 e. The van der Waals surface area contributed by atoms with Gasteiger partial charge in [0, 0.05) is 6.42 Å². The van der Waals surface area contributed by atoms with E-state index in [1.54, 1.807) is 0 Å². The van der Waals surface area contributed by atoms with Crippen molar-refractivity contribution in [3.05, 3.63) is 73.8 Å². The highest BCUT2D eigenvalue weighted by Gasteiger charge is 2.29. The molecule has 0 heterocycles. The second-order valence-corrected chi connectivity index (χ2v) is 5.35. The molecule has 0 aliphatic rings. The van der Waals surface area contributed by atoms with Crippen LogP contribution in [-0.4, -0.2) is 23.8 Å². The van der Waals surface area contributed by atoms with Gasteiger partial charge in [-0.25, -0.2) is 13.6 Å². The predicted molar refractivity (Wildman–Crippen MR) is 83.8 cm³/mol. The number of rotatable bonds is 5. The van der Waals surface area contributed by atoms with E-state index in [0.717, 1.165) is 13.2 Å². The predicted octanol–water partition coefficient (Wildman–Crippen LogP) is 3.74. The number of halogens is 3. The second-order valence-electron chi connectivity index (χ2n) is 4.94. The van der Waals surface area contributed by atoms with E-state index in [2.05, 4.69) is 4.74 Å². The first-order chi connectivity index (χ1) is 11.7. The third kappa shape index (κ3) is 3.97. The molecule has 6 nitrogen and oxygen atoms in total. The molecule has 0 saturated carbocycles. The van der Waals surface area contributed by atoms with Crippen LogP contribution >= 0.6 is 11.6 Å². The van der Waals surface area contributed by atoms with Crippen LogP contribution in [0.1, 0.15) is 26.3 Å². The molecule has 9 heteroatoms. The van der Waals surface area contributed by atoms with E-state index < -0.39 is 51.5 Å². The number of carbonyl (C=O) groups is 2. The summed E-state index contributed by atoms with van der Waals surface area (Å²) in [6, 6.07) is 4.78. The topological polar surface area (TPSA) is 86.5 Å². The zero-order chi connectivity index (χ0) is 18.7. The van der Waals surface area contributed by atoms with Crippen molar-refractivity contribution in [1.82, 2.24) is 0 Å². The Morgan fingerprint density at radius 3 is 2.48 bits per heavy atom. The number of nitrogens with zero attached hydrogens (tertiary/aromatic N) is 1. The third-order valence-corrected chi connectivity index (χ3v) is 3.62. The van der Waals surface area contributed by atoms with Crippen molar-refractivity contribution in [3.8, 4) is 0 Å². The highest BCUT2D eigenvalue weighted by molar-refractivity contribution is 6.30. The number of ether oxygens (including phenoxy) is 1. The number of esters is 1. The van der Waals surface area contributed by atoms with Crippen molar-refractivity contribution < 1.29 is 28.0 Å². The smallest absolute Gasteiger partial charge is 0.338 e. The molecule has 0 spiro atoms. The van der Waals surface area contributed by atoms with Gasteiger partial charge in [0.2, 0.25) is 0 Å². The lowest BCUT2D eigenvalue weighted by Gasteiger charge is -2.09. The molecular formula is C16H10ClF2NO5. The number of nitro groups is 1. The summed E-state index contributed by atoms with van der Waals surface area (Å²) in [6.07, 6.45) is -0.454. The normalized spacial score (nSPS) is 10.4. The van der Waals surface area contributed by atoms with E-state index in [9.17, 15) is 28.5 Å². The van der Waals surface area contributed by atoms with Crippen molar-refractivity contribution in [2.45, 2.75) is 6.42 Å². The van der Waals surface area contributed by atoms with E-state index in [4.69, 9.17) is 11.6 Å². The molecule has 0 fully saturated rings. The number of hydrogen-bond donors (Lipinski definition) is 0. The SMILES string of the molecule is COC(=O)c1cc(F)cc([N+](=O)[O-])c1C(=O)Cc1ccc(Cl)c(F)c1. The number of methoxy groups -OCH3 is 1. The Hall–Kier alpha value is -2.87. The van der Waals surface area contributed by atoms with E-state index in [0.29, 0.717) is 12.1 Å². The molecule has 2 rings (SSSR count). The first-order valence-electron chi connectivity index (χ1n) is 6.78. The fourth-order valence-electron chi connectivity index (χ4n) is 2.22. The van der Waals surface area contributed by atoms with Crippen LogP contribution in [0.25, 0.3) is 0 Å². The highest BCUT2D eigenvalue weighted by Crippen LogP contribution is 2.27. The Kier molecular flexibility index (Phi) is 5.43. The minimum Gasteiger partial charge on any atom is -0.465 e. The van der Waals surface area contributed by atoms with Crippen LogP contribution in [0.5, 0.6) is 0 Å². The molecule has 2 aromatic rings. The van der Waals surface area contributed by atoms with Crippen LogP contribution < -0.4 is 0 Å². The van der Waals surface area contributed by atoms with Crippen LogP contribution in [0.4, 0.5) is 14.5 Å². The molecule has 0 bridgehead atoms. The first kappa shape index (κ1) is 18.5. The zero-order valence-corrected chi connectivity index (χ0v) is 13.5. The summed E-state index contributed by atoms with van der Waals surface area (Å²) < 4.78 is 31.5. The Balaban J connectivity index is 2.54. The standard InChI is InChI=1S/C16H10ClF2NO5/c1-25-16(22)10-6-9(18)7-13(20(23)24)15(10)14(21)5-8-2-3-11(17)12(19)4-8/h2-4,6-7H,5H2,1H3. The van der Waals surface area contributed by atoms with Crippen LogP contribution in [-0.2, 0) is 11.2 Å². The van der Waals surface area contributed by atoms with Gasteiger partial charge < -0.3 is 4.74 Å². The molecule has 0 aliphatic carbocycles. The molecule has 130 valence electrons. The van der Waals surface area contributed by atoms with Crippen LogP contribution in [0.3, 0.4) is 0 Å². The van der Waals surface area contributed by atoms with Gasteiger partial charge >= 0.3 is 5.97 Å². The summed E-state index contributed by atoms with van der Waals surface area (Å²) in [7, 11) is 0.988. The van der Waals surface area contributed by atoms with Crippen LogP contribution in [0.2, 0.25) is 5.02 Å². The van der Waals surface area contributed by atoms with Gasteiger partial charge in [-0.15, -0.1) is 0 Å². The van der Waals surface area contributed by atoms with Gasteiger partial charge in [-0.2, -0.15) is 0 Å². The monoisotopic (exact) mass is 369 g/mol. The first-order valence-corrected chi connectivity index (χ1v) is 7.15. The van der Waals surface area contributed by atoms with Gasteiger partial charge in [-0.05, 0) is 23.8 Å². The summed E-state index contributed by atoms with van der Waals surface area (Å²) >= 11 is 5.55. The Bertz CT molecular complexity index is 885. The van der Waals surface area contributed by atoms with E-state index in [-0.39, 0.29) is 10.6 Å². The summed E-state index contributed by atoms with van der Waals surface area (Å²) in [4.78, 5) is 34.4. The molecule has 0 N–H and O–H groups in total. The number of Topliss-reactive ketones (excluding diaryl/α,β-unsaturated/α-hetero) is 1. The summed E-state index contributed by atoms with van der Waals surface area (Å²) in [5.41, 5.74) is -1.87. The fourth-order valence-corrected chi connectivity index (χ4v) is 2.34. The molecule has 0 amide bonds. The lowest BCUT2D eigenvalue weighted by atomic mass is 9.96. The van der Waals surface area contributed by atoms with Gasteiger partial charge in [0.25, 0.3) is 5.69 Å². The fraction of sp³-hybridized carbons (Fsp3) is 0.125. The summed E-state index contributed by atoms with van der Waals surface area (Å²) in [5, 5.41) is 11.0. The Labute approximate surface area is 145 Å². The van der Waals surface area contributed by atoms with E-state index in [1.165, 1.54) is 12.1 Å². The minimum absolute atomic E-state index is 0.154. The molecule has 0 atom stereocenters. The number of ketones is 1. The average molecular weight is 370 g/mol. The molecule has 0 radical (unpaired) electrons. The van der Waals surface area contributed by atoms with E-state index in [1.807, 2.05) is 0 Å².